The normalized spacial score (nSPS) is 17.7. The molecule has 2 N–H and O–H groups in total. The molecule has 0 spiro atoms. The summed E-state index contributed by atoms with van der Waals surface area (Å²) in [5.41, 5.74) is 0.986. The van der Waals surface area contributed by atoms with Gasteiger partial charge in [-0.3, -0.25) is 4.79 Å². The van der Waals surface area contributed by atoms with Crippen molar-refractivity contribution in [2.24, 2.45) is 0 Å². The lowest BCUT2D eigenvalue weighted by Gasteiger charge is -2.25. The van der Waals surface area contributed by atoms with Gasteiger partial charge in [0.2, 0.25) is 5.91 Å². The van der Waals surface area contributed by atoms with Gasteiger partial charge in [-0.05, 0) is 37.5 Å². The molecule has 7 heteroatoms. The zero-order chi connectivity index (χ0) is 18.1. The lowest BCUT2D eigenvalue weighted by Crippen LogP contribution is -2.51. The van der Waals surface area contributed by atoms with E-state index in [1.807, 2.05) is 25.1 Å². The number of carbonyl (C=O) groups excluding carboxylic acids is 1. The molecule has 26 heavy (non-hydrogen) atoms. The minimum Gasteiger partial charge on any atom is -0.490 e. The number of morpholine rings is 1. The maximum Gasteiger partial charge on any atom is 0.240 e. The van der Waals surface area contributed by atoms with Crippen molar-refractivity contribution in [3.8, 4) is 11.5 Å². The zero-order valence-electron chi connectivity index (χ0n) is 15.9. The Bertz CT molecular complexity index is 550. The van der Waals surface area contributed by atoms with Crippen LogP contribution in [0.15, 0.2) is 18.2 Å². The Kier molecular flexibility index (Phi) is 10.4. The summed E-state index contributed by atoms with van der Waals surface area (Å²) < 4.78 is 16.9. The SMILES string of the molecule is CCCOc1ccc(C(C)NC(=O)C2COCCN2)cc1OCCC.Cl. The van der Waals surface area contributed by atoms with Gasteiger partial charge in [0.05, 0.1) is 32.5 Å². The minimum absolute atomic E-state index is 0. The third-order valence-corrected chi connectivity index (χ3v) is 3.99. The monoisotopic (exact) mass is 386 g/mol. The second-order valence-corrected chi connectivity index (χ2v) is 6.21. The highest BCUT2D eigenvalue weighted by Gasteiger charge is 2.23. The fourth-order valence-electron chi connectivity index (χ4n) is 2.58. The van der Waals surface area contributed by atoms with Gasteiger partial charge in [-0.15, -0.1) is 12.4 Å². The van der Waals surface area contributed by atoms with E-state index < -0.39 is 0 Å². The van der Waals surface area contributed by atoms with Crippen LogP contribution in [0.3, 0.4) is 0 Å². The van der Waals surface area contributed by atoms with Crippen LogP contribution in [0.2, 0.25) is 0 Å². The van der Waals surface area contributed by atoms with Crippen LogP contribution in [0.25, 0.3) is 0 Å². The smallest absolute Gasteiger partial charge is 0.240 e. The van der Waals surface area contributed by atoms with Crippen LogP contribution in [-0.2, 0) is 9.53 Å². The topological polar surface area (TPSA) is 68.8 Å². The molecule has 0 aliphatic carbocycles. The standard InChI is InChI=1S/C19H30N2O4.ClH/c1-4-9-24-17-7-6-15(12-18(17)25-10-5-2)14(3)21-19(22)16-13-23-11-8-20-16;/h6-7,12,14,16,20H,4-5,8-11,13H2,1-3H3,(H,21,22);1H. The van der Waals surface area contributed by atoms with Gasteiger partial charge in [0.25, 0.3) is 0 Å². The van der Waals surface area contributed by atoms with E-state index in [0.717, 1.165) is 29.9 Å². The van der Waals surface area contributed by atoms with Crippen LogP contribution in [0.4, 0.5) is 0 Å². The molecule has 1 aromatic carbocycles. The number of halogens is 1. The van der Waals surface area contributed by atoms with Gasteiger partial charge in [-0.2, -0.15) is 0 Å². The molecule has 1 heterocycles. The fourth-order valence-corrected chi connectivity index (χ4v) is 2.58. The van der Waals surface area contributed by atoms with Crippen molar-refractivity contribution in [3.05, 3.63) is 23.8 Å². The van der Waals surface area contributed by atoms with Crippen molar-refractivity contribution in [2.45, 2.75) is 45.7 Å². The Balaban J connectivity index is 0.00000338. The fraction of sp³-hybridized carbons (Fsp3) is 0.632. The van der Waals surface area contributed by atoms with E-state index >= 15 is 0 Å². The summed E-state index contributed by atoms with van der Waals surface area (Å²) in [7, 11) is 0. The molecule has 0 radical (unpaired) electrons. The van der Waals surface area contributed by atoms with Crippen molar-refractivity contribution in [3.63, 3.8) is 0 Å². The maximum absolute atomic E-state index is 12.3. The average Bonchev–Trinajstić information content (AvgIpc) is 2.65. The predicted octanol–water partition coefficient (Wildman–Crippen LogP) is 2.85. The number of amides is 1. The highest BCUT2D eigenvalue weighted by atomic mass is 35.5. The number of hydrogen-bond donors (Lipinski definition) is 2. The molecule has 1 aliphatic rings. The second kappa shape index (κ2) is 12.0. The summed E-state index contributed by atoms with van der Waals surface area (Å²) in [6, 6.07) is 5.43. The zero-order valence-corrected chi connectivity index (χ0v) is 16.7. The quantitative estimate of drug-likeness (QED) is 0.683. The van der Waals surface area contributed by atoms with Crippen molar-refractivity contribution in [1.29, 1.82) is 0 Å². The first kappa shape index (κ1) is 22.5. The van der Waals surface area contributed by atoms with Crippen molar-refractivity contribution < 1.29 is 19.0 Å². The Hall–Kier alpha value is -1.50. The summed E-state index contributed by atoms with van der Waals surface area (Å²) in [4.78, 5) is 12.3. The molecule has 6 nitrogen and oxygen atoms in total. The number of carbonyl (C=O) groups is 1. The number of ether oxygens (including phenoxy) is 3. The van der Waals surface area contributed by atoms with E-state index in [0.29, 0.717) is 33.0 Å². The van der Waals surface area contributed by atoms with Gasteiger partial charge >= 0.3 is 0 Å². The second-order valence-electron chi connectivity index (χ2n) is 6.21. The molecule has 1 saturated heterocycles. The van der Waals surface area contributed by atoms with Gasteiger partial charge in [0, 0.05) is 6.54 Å². The van der Waals surface area contributed by atoms with E-state index in [9.17, 15) is 4.79 Å². The first-order chi connectivity index (χ1) is 12.2. The highest BCUT2D eigenvalue weighted by Crippen LogP contribution is 2.31. The van der Waals surface area contributed by atoms with Crippen molar-refractivity contribution in [2.75, 3.05) is 33.0 Å². The van der Waals surface area contributed by atoms with Gasteiger partial charge in [0.15, 0.2) is 11.5 Å². The van der Waals surface area contributed by atoms with Crippen LogP contribution in [0.1, 0.15) is 45.2 Å². The maximum atomic E-state index is 12.3. The van der Waals surface area contributed by atoms with E-state index in [1.54, 1.807) is 0 Å². The molecule has 0 saturated carbocycles. The summed E-state index contributed by atoms with van der Waals surface area (Å²) >= 11 is 0. The summed E-state index contributed by atoms with van der Waals surface area (Å²) in [5, 5.41) is 6.20. The summed E-state index contributed by atoms with van der Waals surface area (Å²) in [6.07, 6.45) is 1.87. The van der Waals surface area contributed by atoms with E-state index in [-0.39, 0.29) is 30.4 Å². The predicted molar refractivity (Wildman–Crippen MR) is 104 cm³/mol. The molecule has 148 valence electrons. The van der Waals surface area contributed by atoms with Gasteiger partial charge in [0.1, 0.15) is 6.04 Å². The number of rotatable bonds is 9. The third kappa shape index (κ3) is 6.67. The Morgan fingerprint density at radius 1 is 1.27 bits per heavy atom. The van der Waals surface area contributed by atoms with Crippen molar-refractivity contribution in [1.82, 2.24) is 10.6 Å². The van der Waals surface area contributed by atoms with E-state index in [2.05, 4.69) is 24.5 Å². The number of benzene rings is 1. The molecular formula is C19H31ClN2O4. The van der Waals surface area contributed by atoms with Gasteiger partial charge < -0.3 is 24.8 Å². The van der Waals surface area contributed by atoms with Crippen LogP contribution < -0.4 is 20.1 Å². The summed E-state index contributed by atoms with van der Waals surface area (Å²) in [6.45, 7) is 9.15. The first-order valence-corrected chi connectivity index (χ1v) is 9.16. The van der Waals surface area contributed by atoms with E-state index in [1.165, 1.54) is 0 Å². The molecule has 1 fully saturated rings. The molecule has 0 bridgehead atoms. The molecule has 0 aromatic heterocycles. The first-order valence-electron chi connectivity index (χ1n) is 9.16. The molecule has 1 amide bonds. The molecule has 2 atom stereocenters. The van der Waals surface area contributed by atoms with E-state index in [4.69, 9.17) is 14.2 Å². The van der Waals surface area contributed by atoms with Crippen LogP contribution in [0, 0.1) is 0 Å². The Morgan fingerprint density at radius 3 is 2.58 bits per heavy atom. The van der Waals surface area contributed by atoms with Crippen LogP contribution in [0.5, 0.6) is 11.5 Å². The molecule has 2 unspecified atom stereocenters. The number of hydrogen-bond acceptors (Lipinski definition) is 5. The van der Waals surface area contributed by atoms with Gasteiger partial charge in [-0.1, -0.05) is 19.9 Å². The van der Waals surface area contributed by atoms with Crippen molar-refractivity contribution >= 4 is 18.3 Å². The highest BCUT2D eigenvalue weighted by molar-refractivity contribution is 5.85. The largest absolute Gasteiger partial charge is 0.490 e. The molecule has 1 aromatic rings. The van der Waals surface area contributed by atoms with Crippen LogP contribution >= 0.6 is 12.4 Å². The average molecular weight is 387 g/mol. The van der Waals surface area contributed by atoms with Crippen LogP contribution in [-0.4, -0.2) is 44.9 Å². The summed E-state index contributed by atoms with van der Waals surface area (Å²) in [5.74, 6) is 1.43. The Labute approximate surface area is 162 Å². The Morgan fingerprint density at radius 2 is 1.96 bits per heavy atom. The lowest BCUT2D eigenvalue weighted by atomic mass is 10.1. The lowest BCUT2D eigenvalue weighted by molar-refractivity contribution is -0.126. The molecular weight excluding hydrogens is 356 g/mol. The third-order valence-electron chi connectivity index (χ3n) is 3.99. The molecule has 2 rings (SSSR count). The minimum atomic E-state index is -0.292. The number of nitrogens with one attached hydrogen (secondary N) is 2. The molecule has 1 aliphatic heterocycles. The van der Waals surface area contributed by atoms with Gasteiger partial charge in [-0.25, -0.2) is 0 Å².